The number of pyridine rings is 1. The molecule has 3 N–H and O–H groups in total. The third-order valence-corrected chi connectivity index (χ3v) is 3.25. The average molecular weight is 362 g/mol. The third kappa shape index (κ3) is 4.01. The Morgan fingerprint density at radius 3 is 2.62 bits per heavy atom. The van der Waals surface area contributed by atoms with Gasteiger partial charge in [-0.1, -0.05) is 0 Å². The van der Waals surface area contributed by atoms with E-state index in [1.165, 1.54) is 18.2 Å². The molecule has 0 saturated heterocycles. The van der Waals surface area contributed by atoms with E-state index in [9.17, 15) is 13.2 Å². The van der Waals surface area contributed by atoms with Crippen molar-refractivity contribution in [2.45, 2.75) is 13.3 Å². The van der Waals surface area contributed by atoms with E-state index in [4.69, 9.17) is 5.73 Å². The van der Waals surface area contributed by atoms with Gasteiger partial charge in [0.25, 0.3) is 0 Å². The van der Waals surface area contributed by atoms with Crippen molar-refractivity contribution in [3.8, 4) is 5.75 Å². The lowest BCUT2D eigenvalue weighted by atomic mass is 10.2. The van der Waals surface area contributed by atoms with Gasteiger partial charge in [-0.2, -0.15) is 0 Å². The number of nitrogens with one attached hydrogen (secondary N) is 1. The molecular weight excluding hydrogens is 351 g/mol. The Bertz CT molecular complexity index is 662. The summed E-state index contributed by atoms with van der Waals surface area (Å²) < 4.78 is 40.6. The lowest BCUT2D eigenvalue weighted by Crippen LogP contribution is -2.17. The Labute approximate surface area is 127 Å². The van der Waals surface area contributed by atoms with Crippen molar-refractivity contribution < 1.29 is 17.9 Å². The molecule has 0 aliphatic heterocycles. The van der Waals surface area contributed by atoms with Gasteiger partial charge in [-0.15, -0.1) is 13.2 Å². The SMILES string of the molecule is Cc1ccnc(Nc2ccc(OC(F)(F)F)c(Br)c2)c1N. The number of aryl methyl sites for hydroxylation is 1. The zero-order valence-corrected chi connectivity index (χ0v) is 12.4. The number of ether oxygens (including phenoxy) is 1. The normalized spacial score (nSPS) is 11.3. The Balaban J connectivity index is 2.23. The van der Waals surface area contributed by atoms with Crippen LogP contribution in [0.2, 0.25) is 0 Å². The monoisotopic (exact) mass is 361 g/mol. The fourth-order valence-electron chi connectivity index (χ4n) is 1.59. The average Bonchev–Trinajstić information content (AvgIpc) is 2.37. The highest BCUT2D eigenvalue weighted by atomic mass is 79.9. The molecule has 0 fully saturated rings. The van der Waals surface area contributed by atoms with Gasteiger partial charge in [0.15, 0.2) is 5.82 Å². The van der Waals surface area contributed by atoms with Crippen LogP contribution in [0.25, 0.3) is 0 Å². The Hall–Kier alpha value is -1.96. The first-order valence-electron chi connectivity index (χ1n) is 5.79. The second-order valence-corrected chi connectivity index (χ2v) is 5.06. The van der Waals surface area contributed by atoms with Crippen LogP contribution in [0.1, 0.15) is 5.56 Å². The zero-order valence-electron chi connectivity index (χ0n) is 10.8. The topological polar surface area (TPSA) is 60.2 Å². The van der Waals surface area contributed by atoms with Gasteiger partial charge < -0.3 is 15.8 Å². The highest BCUT2D eigenvalue weighted by molar-refractivity contribution is 9.10. The number of nitrogen functional groups attached to an aromatic ring is 1. The van der Waals surface area contributed by atoms with Crippen molar-refractivity contribution >= 4 is 33.1 Å². The van der Waals surface area contributed by atoms with Crippen LogP contribution in [-0.2, 0) is 0 Å². The number of halogens is 4. The van der Waals surface area contributed by atoms with Gasteiger partial charge in [0.1, 0.15) is 5.75 Å². The van der Waals surface area contributed by atoms with Crippen LogP contribution in [0.3, 0.4) is 0 Å². The molecule has 0 atom stereocenters. The molecule has 0 radical (unpaired) electrons. The standard InChI is InChI=1S/C13H11BrF3N3O/c1-7-4-5-19-12(11(7)18)20-8-2-3-10(9(14)6-8)21-13(15,16)17/h2-6H,18H2,1H3,(H,19,20). The number of benzene rings is 1. The van der Waals surface area contributed by atoms with E-state index < -0.39 is 6.36 Å². The van der Waals surface area contributed by atoms with Crippen LogP contribution in [-0.4, -0.2) is 11.3 Å². The van der Waals surface area contributed by atoms with Crippen molar-refractivity contribution in [3.63, 3.8) is 0 Å². The summed E-state index contributed by atoms with van der Waals surface area (Å²) in [6, 6.07) is 5.85. The predicted octanol–water partition coefficient (Wildman–Crippen LogP) is 4.38. The van der Waals surface area contributed by atoms with E-state index in [0.717, 1.165) is 5.56 Å². The molecule has 0 bridgehead atoms. The molecule has 1 aromatic heterocycles. The number of alkyl halides is 3. The summed E-state index contributed by atoms with van der Waals surface area (Å²) in [5, 5.41) is 2.94. The molecule has 0 saturated carbocycles. The van der Waals surface area contributed by atoms with Gasteiger partial charge in [0.2, 0.25) is 0 Å². The Morgan fingerprint density at radius 1 is 1.29 bits per heavy atom. The lowest BCUT2D eigenvalue weighted by Gasteiger charge is -2.13. The molecule has 21 heavy (non-hydrogen) atoms. The van der Waals surface area contributed by atoms with Crippen molar-refractivity contribution in [1.29, 1.82) is 0 Å². The largest absolute Gasteiger partial charge is 0.573 e. The quantitative estimate of drug-likeness (QED) is 0.851. The molecule has 1 heterocycles. The number of hydrogen-bond acceptors (Lipinski definition) is 4. The van der Waals surface area contributed by atoms with Crippen LogP contribution in [0.15, 0.2) is 34.9 Å². The number of hydrogen-bond donors (Lipinski definition) is 2. The molecule has 2 rings (SSSR count). The summed E-state index contributed by atoms with van der Waals surface area (Å²) >= 11 is 3.03. The van der Waals surface area contributed by atoms with Crippen molar-refractivity contribution in [3.05, 3.63) is 40.5 Å². The fourth-order valence-corrected chi connectivity index (χ4v) is 2.05. The highest BCUT2D eigenvalue weighted by Gasteiger charge is 2.31. The van der Waals surface area contributed by atoms with Gasteiger partial charge in [-0.3, -0.25) is 0 Å². The highest BCUT2D eigenvalue weighted by Crippen LogP contribution is 2.33. The fraction of sp³-hybridized carbons (Fsp3) is 0.154. The summed E-state index contributed by atoms with van der Waals surface area (Å²) in [7, 11) is 0. The van der Waals surface area contributed by atoms with Crippen LogP contribution in [0.4, 0.5) is 30.4 Å². The molecule has 0 amide bonds. The van der Waals surface area contributed by atoms with E-state index in [0.29, 0.717) is 17.2 Å². The maximum Gasteiger partial charge on any atom is 0.573 e. The second-order valence-electron chi connectivity index (χ2n) is 4.21. The number of rotatable bonds is 3. The molecular formula is C13H11BrF3N3O. The molecule has 2 aromatic rings. The van der Waals surface area contributed by atoms with Gasteiger partial charge in [-0.05, 0) is 52.7 Å². The summed E-state index contributed by atoms with van der Waals surface area (Å²) in [6.07, 6.45) is -3.15. The van der Waals surface area contributed by atoms with Crippen molar-refractivity contribution in [2.24, 2.45) is 0 Å². The predicted molar refractivity (Wildman–Crippen MR) is 77.5 cm³/mol. The maximum absolute atomic E-state index is 12.2. The molecule has 0 aliphatic rings. The minimum atomic E-state index is -4.74. The van der Waals surface area contributed by atoms with Crippen molar-refractivity contribution in [2.75, 3.05) is 11.1 Å². The first-order chi connectivity index (χ1) is 9.76. The molecule has 0 spiro atoms. The molecule has 8 heteroatoms. The van der Waals surface area contributed by atoms with Crippen LogP contribution >= 0.6 is 15.9 Å². The second kappa shape index (κ2) is 5.80. The van der Waals surface area contributed by atoms with Gasteiger partial charge >= 0.3 is 6.36 Å². The zero-order chi connectivity index (χ0) is 15.6. The van der Waals surface area contributed by atoms with Gasteiger partial charge in [-0.25, -0.2) is 4.98 Å². The first-order valence-corrected chi connectivity index (χ1v) is 6.59. The summed E-state index contributed by atoms with van der Waals surface area (Å²) in [4.78, 5) is 4.08. The molecule has 1 aromatic carbocycles. The molecule has 0 unspecified atom stereocenters. The Morgan fingerprint density at radius 2 is 2.00 bits per heavy atom. The van der Waals surface area contributed by atoms with E-state index >= 15 is 0 Å². The maximum atomic E-state index is 12.2. The van der Waals surface area contributed by atoms with Gasteiger partial charge in [0, 0.05) is 11.9 Å². The number of nitrogens with zero attached hydrogens (tertiary/aromatic N) is 1. The molecule has 4 nitrogen and oxygen atoms in total. The number of aromatic nitrogens is 1. The summed E-state index contributed by atoms with van der Waals surface area (Å²) in [6.45, 7) is 1.83. The molecule has 112 valence electrons. The number of anilines is 3. The smallest absolute Gasteiger partial charge is 0.405 e. The van der Waals surface area contributed by atoms with Gasteiger partial charge in [0.05, 0.1) is 10.2 Å². The van der Waals surface area contributed by atoms with Crippen LogP contribution < -0.4 is 15.8 Å². The lowest BCUT2D eigenvalue weighted by molar-refractivity contribution is -0.274. The third-order valence-electron chi connectivity index (χ3n) is 2.63. The van der Waals surface area contributed by atoms with Crippen molar-refractivity contribution in [1.82, 2.24) is 4.98 Å². The van der Waals surface area contributed by atoms with Crippen LogP contribution in [0.5, 0.6) is 5.75 Å². The van der Waals surface area contributed by atoms with E-state index in [-0.39, 0.29) is 10.2 Å². The minimum Gasteiger partial charge on any atom is -0.405 e. The Kier molecular flexibility index (Phi) is 4.26. The van der Waals surface area contributed by atoms with E-state index in [1.807, 2.05) is 6.92 Å². The van der Waals surface area contributed by atoms with Crippen LogP contribution in [0, 0.1) is 6.92 Å². The number of nitrogens with two attached hydrogens (primary N) is 1. The van der Waals surface area contributed by atoms with E-state index in [2.05, 4.69) is 31.0 Å². The summed E-state index contributed by atoms with van der Waals surface area (Å²) in [5.41, 5.74) is 7.73. The van der Waals surface area contributed by atoms with E-state index in [1.54, 1.807) is 12.3 Å². The first kappa shape index (κ1) is 15.4. The summed E-state index contributed by atoms with van der Waals surface area (Å²) in [5.74, 6) is 0.115. The molecule has 0 aliphatic carbocycles. The minimum absolute atomic E-state index is 0.163.